The molecule has 1 aliphatic heterocycles. The Morgan fingerprint density at radius 2 is 1.65 bits per heavy atom. The largest absolute Gasteiger partial charge is 0.337 e. The van der Waals surface area contributed by atoms with Crippen LogP contribution in [0.15, 0.2) is 30.3 Å². The molecule has 6 heteroatoms. The first-order valence-corrected chi connectivity index (χ1v) is 10.2. The molecule has 1 N–H and O–H groups in total. The van der Waals surface area contributed by atoms with E-state index in [2.05, 4.69) is 5.32 Å². The van der Waals surface area contributed by atoms with Crippen molar-refractivity contribution in [2.45, 2.75) is 32.1 Å². The van der Waals surface area contributed by atoms with Crippen LogP contribution in [0, 0.1) is 0 Å². The molecule has 1 saturated heterocycles. The fraction of sp³-hybridized carbons (Fsp3) is 0.588. The van der Waals surface area contributed by atoms with Crippen LogP contribution in [0.2, 0.25) is 0 Å². The smallest absolute Gasteiger partial charge is 0.317 e. The highest BCUT2D eigenvalue weighted by Crippen LogP contribution is 2.09. The van der Waals surface area contributed by atoms with Gasteiger partial charge in [0.1, 0.15) is 0 Å². The molecule has 0 aliphatic carbocycles. The van der Waals surface area contributed by atoms with Gasteiger partial charge in [-0.15, -0.1) is 0 Å². The Hall–Kier alpha value is -1.56. The first kappa shape index (κ1) is 17.8. The molecule has 1 aromatic carbocycles. The minimum Gasteiger partial charge on any atom is -0.337 e. The maximum atomic E-state index is 12.1. The summed E-state index contributed by atoms with van der Waals surface area (Å²) in [6.45, 7) is 1.73. The van der Waals surface area contributed by atoms with Gasteiger partial charge in [0, 0.05) is 19.6 Å². The third kappa shape index (κ3) is 6.60. The van der Waals surface area contributed by atoms with E-state index in [-0.39, 0.29) is 24.1 Å². The Kier molecular flexibility index (Phi) is 6.89. The van der Waals surface area contributed by atoms with Crippen molar-refractivity contribution < 1.29 is 13.2 Å². The SMILES string of the molecule is O=C(NCCS(=O)(=O)CCc1ccccc1)N1CCCCCC1. The molecule has 0 atom stereocenters. The highest BCUT2D eigenvalue weighted by Gasteiger charge is 2.16. The average molecular weight is 338 g/mol. The molecule has 0 bridgehead atoms. The molecule has 0 unspecified atom stereocenters. The number of carbonyl (C=O) groups excluding carboxylic acids is 1. The zero-order chi connectivity index (χ0) is 16.5. The topological polar surface area (TPSA) is 66.5 Å². The third-order valence-electron chi connectivity index (χ3n) is 4.13. The number of amides is 2. The normalized spacial score (nSPS) is 15.9. The Bertz CT molecular complexity index is 579. The van der Waals surface area contributed by atoms with E-state index in [1.54, 1.807) is 4.90 Å². The van der Waals surface area contributed by atoms with Crippen LogP contribution in [0.1, 0.15) is 31.2 Å². The van der Waals surface area contributed by atoms with Crippen LogP contribution in [0.25, 0.3) is 0 Å². The van der Waals surface area contributed by atoms with Crippen molar-refractivity contribution in [3.8, 4) is 0 Å². The van der Waals surface area contributed by atoms with Crippen LogP contribution < -0.4 is 5.32 Å². The van der Waals surface area contributed by atoms with Gasteiger partial charge in [0.05, 0.1) is 11.5 Å². The Morgan fingerprint density at radius 3 is 2.30 bits per heavy atom. The van der Waals surface area contributed by atoms with Gasteiger partial charge in [-0.3, -0.25) is 0 Å². The molecule has 23 heavy (non-hydrogen) atoms. The van der Waals surface area contributed by atoms with Crippen molar-refractivity contribution in [3.63, 3.8) is 0 Å². The first-order valence-electron chi connectivity index (χ1n) is 8.34. The summed E-state index contributed by atoms with van der Waals surface area (Å²) in [5.41, 5.74) is 1.02. The van der Waals surface area contributed by atoms with Gasteiger partial charge in [0.15, 0.2) is 9.84 Å². The molecule has 5 nitrogen and oxygen atoms in total. The minimum absolute atomic E-state index is 0.000582. The zero-order valence-corrected chi connectivity index (χ0v) is 14.4. The van der Waals surface area contributed by atoms with Crippen molar-refractivity contribution in [2.24, 2.45) is 0 Å². The summed E-state index contributed by atoms with van der Waals surface area (Å²) in [6.07, 6.45) is 4.91. The number of carbonyl (C=O) groups is 1. The van der Waals surface area contributed by atoms with Crippen LogP contribution in [0.4, 0.5) is 4.79 Å². The van der Waals surface area contributed by atoms with Gasteiger partial charge in [-0.25, -0.2) is 13.2 Å². The quantitative estimate of drug-likeness (QED) is 0.865. The molecule has 1 aliphatic rings. The number of nitrogens with one attached hydrogen (secondary N) is 1. The van der Waals surface area contributed by atoms with Gasteiger partial charge < -0.3 is 10.2 Å². The van der Waals surface area contributed by atoms with E-state index in [9.17, 15) is 13.2 Å². The summed E-state index contributed by atoms with van der Waals surface area (Å²) in [5.74, 6) is 0.121. The zero-order valence-electron chi connectivity index (χ0n) is 13.5. The molecule has 0 spiro atoms. The average Bonchev–Trinajstić information content (AvgIpc) is 2.83. The number of nitrogens with zero attached hydrogens (tertiary/aromatic N) is 1. The number of hydrogen-bond acceptors (Lipinski definition) is 3. The molecule has 128 valence electrons. The van der Waals surface area contributed by atoms with Gasteiger partial charge in [0.2, 0.25) is 0 Å². The number of hydrogen-bond donors (Lipinski definition) is 1. The van der Waals surface area contributed by atoms with Crippen molar-refractivity contribution in [1.29, 1.82) is 0 Å². The van der Waals surface area contributed by atoms with Crippen LogP contribution in [-0.2, 0) is 16.3 Å². The van der Waals surface area contributed by atoms with Crippen molar-refractivity contribution in [3.05, 3.63) is 35.9 Å². The van der Waals surface area contributed by atoms with Gasteiger partial charge in [0.25, 0.3) is 0 Å². The number of urea groups is 1. The number of benzene rings is 1. The van der Waals surface area contributed by atoms with E-state index in [1.807, 2.05) is 30.3 Å². The van der Waals surface area contributed by atoms with Crippen molar-refractivity contribution >= 4 is 15.9 Å². The summed E-state index contributed by atoms with van der Waals surface area (Å²) in [7, 11) is -3.15. The maximum absolute atomic E-state index is 12.1. The van der Waals surface area contributed by atoms with E-state index < -0.39 is 9.84 Å². The van der Waals surface area contributed by atoms with Gasteiger partial charge in [-0.2, -0.15) is 0 Å². The predicted octanol–water partition coefficient (Wildman–Crippen LogP) is 2.23. The Balaban J connectivity index is 1.70. The summed E-state index contributed by atoms with van der Waals surface area (Å²) in [5, 5.41) is 2.74. The van der Waals surface area contributed by atoms with E-state index in [1.165, 1.54) is 0 Å². The van der Waals surface area contributed by atoms with E-state index in [4.69, 9.17) is 0 Å². The molecular weight excluding hydrogens is 312 g/mol. The molecule has 1 aromatic rings. The van der Waals surface area contributed by atoms with Crippen molar-refractivity contribution in [2.75, 3.05) is 31.1 Å². The molecule has 2 rings (SSSR count). The Morgan fingerprint density at radius 1 is 1.00 bits per heavy atom. The second-order valence-corrected chi connectivity index (χ2v) is 8.32. The van der Waals surface area contributed by atoms with Crippen LogP contribution in [0.5, 0.6) is 0 Å². The highest BCUT2D eigenvalue weighted by molar-refractivity contribution is 7.91. The second-order valence-electron chi connectivity index (χ2n) is 6.02. The number of rotatable bonds is 6. The number of likely N-dealkylation sites (tertiary alicyclic amines) is 1. The maximum Gasteiger partial charge on any atom is 0.317 e. The van der Waals surface area contributed by atoms with E-state index >= 15 is 0 Å². The summed E-state index contributed by atoms with van der Waals surface area (Å²) < 4.78 is 24.1. The number of sulfone groups is 1. The molecule has 0 radical (unpaired) electrons. The van der Waals surface area contributed by atoms with Gasteiger partial charge >= 0.3 is 6.03 Å². The standard InChI is InChI=1S/C17H26N2O3S/c20-17(19-12-6-1-2-7-13-19)18-11-15-23(21,22)14-10-16-8-4-3-5-9-16/h3-5,8-9H,1-2,6-7,10-15H2,(H,18,20). The molecule has 1 fully saturated rings. The lowest BCUT2D eigenvalue weighted by Crippen LogP contribution is -2.42. The lowest BCUT2D eigenvalue weighted by atomic mass is 10.2. The predicted molar refractivity (Wildman–Crippen MR) is 92.2 cm³/mol. The van der Waals surface area contributed by atoms with E-state index in [0.717, 1.165) is 44.3 Å². The van der Waals surface area contributed by atoms with Gasteiger partial charge in [-0.1, -0.05) is 43.2 Å². The monoisotopic (exact) mass is 338 g/mol. The van der Waals surface area contributed by atoms with Crippen LogP contribution >= 0.6 is 0 Å². The molecular formula is C17H26N2O3S. The van der Waals surface area contributed by atoms with Crippen LogP contribution in [-0.4, -0.2) is 50.5 Å². The third-order valence-corrected chi connectivity index (χ3v) is 5.78. The summed E-state index contributed by atoms with van der Waals surface area (Å²) in [4.78, 5) is 13.8. The fourth-order valence-electron chi connectivity index (χ4n) is 2.72. The fourth-order valence-corrected chi connectivity index (χ4v) is 3.88. The molecule has 1 heterocycles. The Labute approximate surface area is 139 Å². The molecule has 0 saturated carbocycles. The second kappa shape index (κ2) is 8.91. The minimum atomic E-state index is -3.15. The lowest BCUT2D eigenvalue weighted by Gasteiger charge is -2.20. The van der Waals surface area contributed by atoms with E-state index in [0.29, 0.717) is 6.42 Å². The number of aryl methyl sites for hydroxylation is 1. The van der Waals surface area contributed by atoms with Gasteiger partial charge in [-0.05, 0) is 24.8 Å². The first-order chi connectivity index (χ1) is 11.1. The molecule has 0 aromatic heterocycles. The van der Waals surface area contributed by atoms with Crippen LogP contribution in [0.3, 0.4) is 0 Å². The molecule has 2 amide bonds. The lowest BCUT2D eigenvalue weighted by molar-refractivity contribution is 0.200. The highest BCUT2D eigenvalue weighted by atomic mass is 32.2. The summed E-state index contributed by atoms with van der Waals surface area (Å²) >= 11 is 0. The summed E-state index contributed by atoms with van der Waals surface area (Å²) in [6, 6.07) is 9.45. The van der Waals surface area contributed by atoms with Crippen molar-refractivity contribution in [1.82, 2.24) is 10.2 Å².